The van der Waals surface area contributed by atoms with Crippen LogP contribution in [0.3, 0.4) is 0 Å². The van der Waals surface area contributed by atoms with E-state index in [1.54, 1.807) is 7.11 Å². The average molecular weight is 178 g/mol. The number of ether oxygens (including phenoxy) is 1. The Kier molecular flexibility index (Phi) is 3.09. The Balaban J connectivity index is 3.10. The molecule has 0 heterocycles. The van der Waals surface area contributed by atoms with E-state index in [1.165, 1.54) is 6.08 Å². The van der Waals surface area contributed by atoms with Crippen LogP contribution in [0.2, 0.25) is 0 Å². The SMILES string of the molecule is C=CC(O)c1cc(OC)ccc1C. The molecule has 1 unspecified atom stereocenters. The van der Waals surface area contributed by atoms with E-state index in [2.05, 4.69) is 6.58 Å². The highest BCUT2D eigenvalue weighted by molar-refractivity contribution is 5.37. The standard InChI is InChI=1S/C11H14O2/c1-4-11(12)10-7-9(13-3)6-5-8(10)2/h4-7,11-12H,1H2,2-3H3. The van der Waals surface area contributed by atoms with Crippen LogP contribution in [0.4, 0.5) is 0 Å². The minimum absolute atomic E-state index is 0.616. The van der Waals surface area contributed by atoms with Crippen LogP contribution in [0.25, 0.3) is 0 Å². The molecule has 0 saturated carbocycles. The molecule has 70 valence electrons. The Bertz CT molecular complexity index is 305. The van der Waals surface area contributed by atoms with E-state index in [1.807, 2.05) is 25.1 Å². The lowest BCUT2D eigenvalue weighted by molar-refractivity contribution is 0.227. The van der Waals surface area contributed by atoms with Gasteiger partial charge in [-0.25, -0.2) is 0 Å². The number of rotatable bonds is 3. The second kappa shape index (κ2) is 4.10. The molecule has 1 aromatic rings. The zero-order valence-corrected chi connectivity index (χ0v) is 7.95. The van der Waals surface area contributed by atoms with Crippen LogP contribution in [0.5, 0.6) is 5.75 Å². The van der Waals surface area contributed by atoms with Crippen LogP contribution in [0.15, 0.2) is 30.9 Å². The van der Waals surface area contributed by atoms with Gasteiger partial charge in [0, 0.05) is 0 Å². The van der Waals surface area contributed by atoms with Crippen molar-refractivity contribution in [3.05, 3.63) is 42.0 Å². The summed E-state index contributed by atoms with van der Waals surface area (Å²) in [5.41, 5.74) is 1.88. The monoisotopic (exact) mass is 178 g/mol. The molecule has 1 rings (SSSR count). The lowest BCUT2D eigenvalue weighted by atomic mass is 10.0. The third kappa shape index (κ3) is 2.10. The van der Waals surface area contributed by atoms with E-state index in [0.29, 0.717) is 0 Å². The number of methoxy groups -OCH3 is 1. The highest BCUT2D eigenvalue weighted by Crippen LogP contribution is 2.23. The molecule has 1 aromatic carbocycles. The van der Waals surface area contributed by atoms with E-state index in [0.717, 1.165) is 16.9 Å². The Morgan fingerprint density at radius 2 is 2.23 bits per heavy atom. The van der Waals surface area contributed by atoms with Gasteiger partial charge in [0.1, 0.15) is 5.75 Å². The number of hydrogen-bond acceptors (Lipinski definition) is 2. The summed E-state index contributed by atoms with van der Waals surface area (Å²) in [5.74, 6) is 0.751. The van der Waals surface area contributed by atoms with Crippen molar-refractivity contribution in [2.24, 2.45) is 0 Å². The maximum Gasteiger partial charge on any atom is 0.119 e. The first-order valence-electron chi connectivity index (χ1n) is 4.14. The minimum Gasteiger partial charge on any atom is -0.497 e. The van der Waals surface area contributed by atoms with Crippen molar-refractivity contribution in [2.45, 2.75) is 13.0 Å². The summed E-state index contributed by atoms with van der Waals surface area (Å²) in [6.07, 6.45) is 0.886. The normalized spacial score (nSPS) is 12.2. The van der Waals surface area contributed by atoms with Crippen LogP contribution in [-0.4, -0.2) is 12.2 Å². The lowest BCUT2D eigenvalue weighted by Crippen LogP contribution is -1.96. The van der Waals surface area contributed by atoms with Gasteiger partial charge in [0.2, 0.25) is 0 Å². The molecule has 0 aliphatic carbocycles. The Labute approximate surface area is 78.5 Å². The lowest BCUT2D eigenvalue weighted by Gasteiger charge is -2.10. The topological polar surface area (TPSA) is 29.5 Å². The fourth-order valence-electron chi connectivity index (χ4n) is 1.19. The van der Waals surface area contributed by atoms with Crippen molar-refractivity contribution in [3.8, 4) is 5.75 Å². The highest BCUT2D eigenvalue weighted by Gasteiger charge is 2.07. The van der Waals surface area contributed by atoms with Crippen LogP contribution in [0.1, 0.15) is 17.2 Å². The van der Waals surface area contributed by atoms with E-state index >= 15 is 0 Å². The van der Waals surface area contributed by atoms with Gasteiger partial charge < -0.3 is 9.84 Å². The molecule has 0 saturated heterocycles. The van der Waals surface area contributed by atoms with E-state index in [9.17, 15) is 5.11 Å². The summed E-state index contributed by atoms with van der Waals surface area (Å²) in [6.45, 7) is 5.49. The number of aliphatic hydroxyl groups is 1. The molecule has 0 aliphatic heterocycles. The maximum absolute atomic E-state index is 9.56. The molecule has 0 fully saturated rings. The third-order valence-electron chi connectivity index (χ3n) is 2.03. The first-order chi connectivity index (χ1) is 6.19. The zero-order chi connectivity index (χ0) is 9.84. The molecule has 0 spiro atoms. The van der Waals surface area contributed by atoms with Gasteiger partial charge in [-0.1, -0.05) is 12.1 Å². The second-order valence-electron chi connectivity index (χ2n) is 2.90. The van der Waals surface area contributed by atoms with Gasteiger partial charge in [-0.15, -0.1) is 6.58 Å². The summed E-state index contributed by atoms with van der Waals surface area (Å²) in [4.78, 5) is 0. The third-order valence-corrected chi connectivity index (χ3v) is 2.03. The van der Waals surface area contributed by atoms with Gasteiger partial charge in [-0.3, -0.25) is 0 Å². The molecule has 1 N–H and O–H groups in total. The number of hydrogen-bond donors (Lipinski definition) is 1. The van der Waals surface area contributed by atoms with Crippen molar-refractivity contribution in [2.75, 3.05) is 7.11 Å². The summed E-state index contributed by atoms with van der Waals surface area (Å²) < 4.78 is 5.06. The summed E-state index contributed by atoms with van der Waals surface area (Å²) >= 11 is 0. The summed E-state index contributed by atoms with van der Waals surface area (Å²) in [7, 11) is 1.61. The van der Waals surface area contributed by atoms with E-state index in [-0.39, 0.29) is 0 Å². The summed E-state index contributed by atoms with van der Waals surface area (Å²) in [6, 6.07) is 5.61. The van der Waals surface area contributed by atoms with Gasteiger partial charge in [-0.2, -0.15) is 0 Å². The van der Waals surface area contributed by atoms with Crippen LogP contribution < -0.4 is 4.74 Å². The first-order valence-corrected chi connectivity index (χ1v) is 4.14. The average Bonchev–Trinajstić information content (AvgIpc) is 2.17. The zero-order valence-electron chi connectivity index (χ0n) is 7.95. The fourth-order valence-corrected chi connectivity index (χ4v) is 1.19. The largest absolute Gasteiger partial charge is 0.497 e. The van der Waals surface area contributed by atoms with Gasteiger partial charge in [0.15, 0.2) is 0 Å². The molecule has 2 nitrogen and oxygen atoms in total. The van der Waals surface area contributed by atoms with Gasteiger partial charge in [0.05, 0.1) is 13.2 Å². The number of aryl methyl sites for hydroxylation is 1. The second-order valence-corrected chi connectivity index (χ2v) is 2.90. The molecule has 0 bridgehead atoms. The molecule has 13 heavy (non-hydrogen) atoms. The molecular weight excluding hydrogens is 164 g/mol. The fraction of sp³-hybridized carbons (Fsp3) is 0.273. The van der Waals surface area contributed by atoms with E-state index in [4.69, 9.17) is 4.74 Å². The number of benzene rings is 1. The van der Waals surface area contributed by atoms with Crippen molar-refractivity contribution >= 4 is 0 Å². The molecule has 1 atom stereocenters. The van der Waals surface area contributed by atoms with Gasteiger partial charge in [-0.05, 0) is 30.2 Å². The van der Waals surface area contributed by atoms with Crippen molar-refractivity contribution in [1.82, 2.24) is 0 Å². The molecular formula is C11H14O2. The molecule has 0 radical (unpaired) electrons. The van der Waals surface area contributed by atoms with Crippen LogP contribution in [0, 0.1) is 6.92 Å². The Morgan fingerprint density at radius 1 is 1.54 bits per heavy atom. The van der Waals surface area contributed by atoms with Gasteiger partial charge >= 0.3 is 0 Å². The molecule has 0 aliphatic rings. The van der Waals surface area contributed by atoms with Crippen LogP contribution >= 0.6 is 0 Å². The predicted molar refractivity (Wildman–Crippen MR) is 52.9 cm³/mol. The van der Waals surface area contributed by atoms with Crippen molar-refractivity contribution in [1.29, 1.82) is 0 Å². The quantitative estimate of drug-likeness (QED) is 0.719. The smallest absolute Gasteiger partial charge is 0.119 e. The predicted octanol–water partition coefficient (Wildman–Crippen LogP) is 2.22. The van der Waals surface area contributed by atoms with Crippen molar-refractivity contribution in [3.63, 3.8) is 0 Å². The maximum atomic E-state index is 9.56. The Hall–Kier alpha value is -1.28. The van der Waals surface area contributed by atoms with Crippen LogP contribution in [-0.2, 0) is 0 Å². The van der Waals surface area contributed by atoms with Gasteiger partial charge in [0.25, 0.3) is 0 Å². The highest BCUT2D eigenvalue weighted by atomic mass is 16.5. The molecule has 0 amide bonds. The Morgan fingerprint density at radius 3 is 2.77 bits per heavy atom. The molecule has 0 aromatic heterocycles. The van der Waals surface area contributed by atoms with Crippen molar-refractivity contribution < 1.29 is 9.84 Å². The minimum atomic E-state index is -0.616. The van der Waals surface area contributed by atoms with E-state index < -0.39 is 6.10 Å². The number of aliphatic hydroxyl groups excluding tert-OH is 1. The first kappa shape index (κ1) is 9.81. The summed E-state index contributed by atoms with van der Waals surface area (Å²) in [5, 5.41) is 9.56. The molecule has 2 heteroatoms.